The molecule has 2 heterocycles. The molecule has 2 fully saturated rings. The highest BCUT2D eigenvalue weighted by Crippen LogP contribution is 2.65. The van der Waals surface area contributed by atoms with Gasteiger partial charge in [-0.25, -0.2) is 0 Å². The van der Waals surface area contributed by atoms with Gasteiger partial charge in [0.25, 0.3) is 0 Å². The number of carbonyl (C=O) groups excluding carboxylic acids is 4. The molecular formula is C22H28O8. The van der Waals surface area contributed by atoms with Crippen LogP contribution in [-0.4, -0.2) is 49.4 Å². The zero-order chi connectivity index (χ0) is 22.2. The monoisotopic (exact) mass is 420 g/mol. The third-order valence-electron chi connectivity index (χ3n) is 7.09. The second-order valence-electron chi connectivity index (χ2n) is 8.53. The zero-order valence-corrected chi connectivity index (χ0v) is 17.8. The van der Waals surface area contributed by atoms with E-state index in [4.69, 9.17) is 18.6 Å². The minimum atomic E-state index is -1.12. The first-order valence-electron chi connectivity index (χ1n) is 10.1. The van der Waals surface area contributed by atoms with Crippen LogP contribution in [0.25, 0.3) is 0 Å². The fourth-order valence-electron chi connectivity index (χ4n) is 5.07. The van der Waals surface area contributed by atoms with Gasteiger partial charge in [0.15, 0.2) is 5.78 Å². The van der Waals surface area contributed by atoms with Crippen molar-refractivity contribution in [1.82, 2.24) is 0 Å². The molecule has 0 unspecified atom stereocenters. The summed E-state index contributed by atoms with van der Waals surface area (Å²) in [7, 11) is 1.32. The lowest BCUT2D eigenvalue weighted by Crippen LogP contribution is -2.62. The van der Waals surface area contributed by atoms with E-state index in [2.05, 4.69) is 0 Å². The highest BCUT2D eigenvalue weighted by molar-refractivity contribution is 5.97. The Labute approximate surface area is 175 Å². The van der Waals surface area contributed by atoms with Gasteiger partial charge in [0, 0.05) is 19.8 Å². The molecule has 1 aliphatic heterocycles. The molecule has 0 N–H and O–H groups in total. The summed E-state index contributed by atoms with van der Waals surface area (Å²) in [5.41, 5.74) is -2.78. The number of esters is 2. The van der Waals surface area contributed by atoms with Crippen LogP contribution in [-0.2, 0) is 28.6 Å². The van der Waals surface area contributed by atoms with Gasteiger partial charge in [-0.15, -0.1) is 0 Å². The Balaban J connectivity index is 1.98. The molecule has 30 heavy (non-hydrogen) atoms. The molecule has 1 saturated carbocycles. The second-order valence-corrected chi connectivity index (χ2v) is 8.53. The van der Waals surface area contributed by atoms with Gasteiger partial charge in [0.2, 0.25) is 0 Å². The number of ketones is 2. The average Bonchev–Trinajstić information content (AvgIpc) is 3.35. The van der Waals surface area contributed by atoms with Gasteiger partial charge in [0.1, 0.15) is 17.6 Å². The summed E-state index contributed by atoms with van der Waals surface area (Å²) in [6.45, 7) is 5.12. The summed E-state index contributed by atoms with van der Waals surface area (Å²) in [4.78, 5) is 50.2. The predicted octanol–water partition coefficient (Wildman–Crippen LogP) is 2.74. The second kappa shape index (κ2) is 7.98. The number of rotatable bonds is 8. The lowest BCUT2D eigenvalue weighted by Gasteiger charge is -2.51. The Morgan fingerprint density at radius 2 is 1.97 bits per heavy atom. The maximum Gasteiger partial charge on any atom is 0.314 e. The van der Waals surface area contributed by atoms with Gasteiger partial charge in [-0.2, -0.15) is 0 Å². The van der Waals surface area contributed by atoms with Crippen LogP contribution in [0.15, 0.2) is 23.0 Å². The predicted molar refractivity (Wildman–Crippen MR) is 104 cm³/mol. The van der Waals surface area contributed by atoms with Crippen molar-refractivity contribution in [2.75, 3.05) is 20.3 Å². The van der Waals surface area contributed by atoms with Crippen molar-refractivity contribution >= 4 is 23.5 Å². The minimum Gasteiger partial charge on any atom is -0.472 e. The van der Waals surface area contributed by atoms with Crippen molar-refractivity contribution in [3.63, 3.8) is 0 Å². The highest BCUT2D eigenvalue weighted by Gasteiger charge is 2.77. The first-order chi connectivity index (χ1) is 14.1. The Bertz CT molecular complexity index is 837. The quantitative estimate of drug-likeness (QED) is 0.358. The molecule has 164 valence electrons. The summed E-state index contributed by atoms with van der Waals surface area (Å²) < 4.78 is 21.1. The maximum absolute atomic E-state index is 13.3. The van der Waals surface area contributed by atoms with Gasteiger partial charge in [-0.3, -0.25) is 19.2 Å². The van der Waals surface area contributed by atoms with Gasteiger partial charge < -0.3 is 18.6 Å². The zero-order valence-electron chi connectivity index (χ0n) is 17.8. The Hall–Kier alpha value is -2.48. The van der Waals surface area contributed by atoms with Crippen LogP contribution in [0.5, 0.6) is 0 Å². The Morgan fingerprint density at radius 1 is 1.27 bits per heavy atom. The van der Waals surface area contributed by atoms with Crippen molar-refractivity contribution in [3.8, 4) is 0 Å². The third kappa shape index (κ3) is 3.37. The van der Waals surface area contributed by atoms with Gasteiger partial charge in [0.05, 0.1) is 43.0 Å². The topological polar surface area (TPSA) is 112 Å². The summed E-state index contributed by atoms with van der Waals surface area (Å²) in [5.74, 6) is -1.62. The summed E-state index contributed by atoms with van der Waals surface area (Å²) in [6.07, 6.45) is 3.59. The van der Waals surface area contributed by atoms with Gasteiger partial charge in [-0.1, -0.05) is 0 Å². The first kappa shape index (κ1) is 22.2. The number of epoxide rings is 1. The summed E-state index contributed by atoms with van der Waals surface area (Å²) >= 11 is 0. The molecule has 1 spiro atoms. The highest BCUT2D eigenvalue weighted by atomic mass is 16.6. The number of hydrogen-bond donors (Lipinski definition) is 0. The molecule has 1 aromatic rings. The van der Waals surface area contributed by atoms with Crippen molar-refractivity contribution in [3.05, 3.63) is 24.2 Å². The number of ether oxygens (including phenoxy) is 3. The fourth-order valence-corrected chi connectivity index (χ4v) is 5.07. The van der Waals surface area contributed by atoms with Crippen LogP contribution in [0.1, 0.15) is 56.8 Å². The standard InChI is InChI=1S/C22H28O8/c1-14(23)29-10-7-16(11-17(24)15-6-9-28-12-15)21(3)18(25)5-8-20(2,19(26)27-4)22(21)13-30-22/h6,9,12,16H,5,7-8,10-11,13H2,1-4H3/t16-,20-,21+,22+/m0/s1. The minimum absolute atomic E-state index is 0.0331. The molecule has 0 aromatic carbocycles. The first-order valence-corrected chi connectivity index (χ1v) is 10.1. The van der Waals surface area contributed by atoms with E-state index in [1.165, 1.54) is 26.6 Å². The van der Waals surface area contributed by atoms with E-state index in [1.807, 2.05) is 0 Å². The van der Waals surface area contributed by atoms with Crippen LogP contribution in [0.4, 0.5) is 0 Å². The molecule has 1 aliphatic carbocycles. The largest absolute Gasteiger partial charge is 0.472 e. The van der Waals surface area contributed by atoms with Gasteiger partial charge in [-0.05, 0) is 38.7 Å². The molecule has 0 radical (unpaired) electrons. The Morgan fingerprint density at radius 3 is 2.50 bits per heavy atom. The third-order valence-corrected chi connectivity index (χ3v) is 7.09. The van der Waals surface area contributed by atoms with E-state index in [0.717, 1.165) is 0 Å². The summed E-state index contributed by atoms with van der Waals surface area (Å²) in [6, 6.07) is 1.57. The number of furan rings is 1. The smallest absolute Gasteiger partial charge is 0.314 e. The lowest BCUT2D eigenvalue weighted by molar-refractivity contribution is -0.173. The molecule has 3 rings (SSSR count). The van der Waals surface area contributed by atoms with Crippen LogP contribution in [0, 0.1) is 16.7 Å². The van der Waals surface area contributed by atoms with Crippen LogP contribution < -0.4 is 0 Å². The van der Waals surface area contributed by atoms with Crippen molar-refractivity contribution < 1.29 is 37.8 Å². The number of carbonyl (C=O) groups is 4. The molecule has 4 atom stereocenters. The summed E-state index contributed by atoms with van der Waals surface area (Å²) in [5, 5.41) is 0. The van der Waals surface area contributed by atoms with Crippen molar-refractivity contribution in [2.45, 2.75) is 52.1 Å². The number of hydrogen-bond acceptors (Lipinski definition) is 8. The van der Waals surface area contributed by atoms with E-state index < -0.39 is 34.3 Å². The number of methoxy groups -OCH3 is 1. The lowest BCUT2D eigenvalue weighted by atomic mass is 9.50. The van der Waals surface area contributed by atoms with Crippen LogP contribution in [0.2, 0.25) is 0 Å². The maximum atomic E-state index is 13.3. The Kier molecular flexibility index (Phi) is 5.91. The van der Waals surface area contributed by atoms with E-state index in [9.17, 15) is 19.2 Å². The average molecular weight is 420 g/mol. The van der Waals surface area contributed by atoms with E-state index in [-0.39, 0.29) is 44.0 Å². The van der Waals surface area contributed by atoms with Crippen molar-refractivity contribution in [2.24, 2.45) is 16.7 Å². The van der Waals surface area contributed by atoms with Crippen molar-refractivity contribution in [1.29, 1.82) is 0 Å². The SMILES string of the molecule is COC(=O)[C@]1(C)CCC(=O)[C@@](C)([C@@H](CCOC(C)=O)CC(=O)c2ccoc2)[C@@]12CO2. The molecule has 1 aromatic heterocycles. The molecule has 1 saturated heterocycles. The van der Waals surface area contributed by atoms with E-state index in [0.29, 0.717) is 12.0 Å². The van der Waals surface area contributed by atoms with Gasteiger partial charge >= 0.3 is 11.9 Å². The van der Waals surface area contributed by atoms with Crippen LogP contribution >= 0.6 is 0 Å². The number of Topliss-reactive ketones (excluding diaryl/α,β-unsaturated/α-hetero) is 2. The molecule has 8 heteroatoms. The normalized spacial score (nSPS) is 31.3. The van der Waals surface area contributed by atoms with Crippen LogP contribution in [0.3, 0.4) is 0 Å². The molecule has 0 amide bonds. The fraction of sp³-hybridized carbons (Fsp3) is 0.636. The molecular weight excluding hydrogens is 392 g/mol. The molecule has 2 aliphatic rings. The van der Waals surface area contributed by atoms with E-state index in [1.54, 1.807) is 19.9 Å². The van der Waals surface area contributed by atoms with E-state index >= 15 is 0 Å². The molecule has 8 nitrogen and oxygen atoms in total. The molecule has 0 bridgehead atoms.